The predicted molar refractivity (Wildman–Crippen MR) is 122 cm³/mol. The van der Waals surface area contributed by atoms with Gasteiger partial charge in [0, 0.05) is 43.8 Å². The van der Waals surface area contributed by atoms with Crippen molar-refractivity contribution < 1.29 is 9.53 Å². The van der Waals surface area contributed by atoms with Crippen molar-refractivity contribution in [1.29, 1.82) is 0 Å². The highest BCUT2D eigenvalue weighted by atomic mass is 16.5. The topological polar surface area (TPSA) is 115 Å². The van der Waals surface area contributed by atoms with Crippen LogP contribution >= 0.6 is 0 Å². The lowest BCUT2D eigenvalue weighted by Gasteiger charge is -2.32. The number of piperazine rings is 1. The molecule has 1 saturated heterocycles. The summed E-state index contributed by atoms with van der Waals surface area (Å²) in [7, 11) is 2.07. The number of carbonyl (C=O) groups excluding carboxylic acids is 1. The largest absolute Gasteiger partial charge is 0.489 e. The molecule has 0 unspecified atom stereocenters. The number of benzene rings is 1. The van der Waals surface area contributed by atoms with E-state index in [9.17, 15) is 4.79 Å². The number of ether oxygens (including phenoxy) is 1. The molecule has 32 heavy (non-hydrogen) atoms. The van der Waals surface area contributed by atoms with Crippen LogP contribution in [0.2, 0.25) is 0 Å². The van der Waals surface area contributed by atoms with Gasteiger partial charge in [-0.25, -0.2) is 9.97 Å². The van der Waals surface area contributed by atoms with Gasteiger partial charge in [0.05, 0.1) is 34.5 Å². The maximum absolute atomic E-state index is 13.3. The Labute approximate surface area is 185 Å². The molecule has 10 nitrogen and oxygen atoms in total. The highest BCUT2D eigenvalue weighted by Crippen LogP contribution is 2.35. The van der Waals surface area contributed by atoms with Gasteiger partial charge in [0.25, 0.3) is 5.91 Å². The molecule has 0 atom stereocenters. The number of H-pyrrole nitrogens is 2. The number of nitrogens with one attached hydrogen (secondary N) is 3. The van der Waals surface area contributed by atoms with Gasteiger partial charge in [-0.3, -0.25) is 9.89 Å². The van der Waals surface area contributed by atoms with Crippen molar-refractivity contribution in [2.24, 2.45) is 0 Å². The number of amides is 1. The van der Waals surface area contributed by atoms with Crippen LogP contribution in [0.15, 0.2) is 30.9 Å². The summed E-state index contributed by atoms with van der Waals surface area (Å²) in [6.45, 7) is 7.06. The number of carbonyl (C=O) groups is 1. The number of nitrogens with zero attached hydrogens (tertiary/aromatic N) is 5. The minimum Gasteiger partial charge on any atom is -0.489 e. The molecule has 0 radical (unpaired) electrons. The Kier molecular flexibility index (Phi) is 5.14. The normalized spacial score (nSPS) is 15.1. The molecular formula is C22H26N8O2. The van der Waals surface area contributed by atoms with E-state index < -0.39 is 0 Å². The van der Waals surface area contributed by atoms with Crippen LogP contribution in [-0.4, -0.2) is 80.2 Å². The third-order valence-electron chi connectivity index (χ3n) is 5.65. The second-order valence-corrected chi connectivity index (χ2v) is 8.34. The number of likely N-dealkylation sites (N-methyl/N-ethyl adjacent to an activating group) is 1. The maximum atomic E-state index is 13.3. The van der Waals surface area contributed by atoms with Gasteiger partial charge < -0.3 is 24.8 Å². The SMILES string of the molecule is CC(C)Oc1cc2[nH]ncc2cc1Nc1ncnc2[nH]cc(C(=O)N3CCN(C)CC3)c12. The van der Waals surface area contributed by atoms with E-state index in [-0.39, 0.29) is 12.0 Å². The van der Waals surface area contributed by atoms with Gasteiger partial charge in [0.2, 0.25) is 0 Å². The summed E-state index contributed by atoms with van der Waals surface area (Å²) in [5.41, 5.74) is 2.79. The molecule has 1 aromatic carbocycles. The third kappa shape index (κ3) is 3.73. The van der Waals surface area contributed by atoms with Gasteiger partial charge in [-0.2, -0.15) is 5.10 Å². The van der Waals surface area contributed by atoms with Crippen molar-refractivity contribution in [3.05, 3.63) is 36.4 Å². The van der Waals surface area contributed by atoms with Gasteiger partial charge in [-0.05, 0) is 27.0 Å². The standard InChI is InChI=1S/C22H26N8O2/c1-13(2)32-18-9-16-14(10-26-28-16)8-17(18)27-21-19-15(11-23-20(19)24-12-25-21)22(31)30-6-4-29(3)5-7-30/h8-13H,4-7H2,1-3H3,(H,26,28)(H2,23,24,25,27). The molecule has 1 amide bonds. The molecule has 4 aromatic rings. The van der Waals surface area contributed by atoms with Crippen molar-refractivity contribution in [2.45, 2.75) is 20.0 Å². The fraction of sp³-hybridized carbons (Fsp3) is 0.364. The molecule has 3 aromatic heterocycles. The van der Waals surface area contributed by atoms with E-state index in [0.717, 1.165) is 29.7 Å². The number of hydrogen-bond donors (Lipinski definition) is 3. The Balaban J connectivity index is 1.54. The van der Waals surface area contributed by atoms with E-state index in [2.05, 4.69) is 42.4 Å². The number of aromatic nitrogens is 5. The Morgan fingerprint density at radius 3 is 2.78 bits per heavy atom. The molecule has 0 bridgehead atoms. The van der Waals surface area contributed by atoms with Gasteiger partial charge in [-0.1, -0.05) is 0 Å². The molecular weight excluding hydrogens is 408 g/mol. The number of hydrogen-bond acceptors (Lipinski definition) is 7. The molecule has 4 heterocycles. The van der Waals surface area contributed by atoms with Gasteiger partial charge in [0.15, 0.2) is 0 Å². The van der Waals surface area contributed by atoms with Crippen LogP contribution in [0.1, 0.15) is 24.2 Å². The average Bonchev–Trinajstić information content (AvgIpc) is 3.40. The van der Waals surface area contributed by atoms with Crippen LogP contribution in [-0.2, 0) is 0 Å². The van der Waals surface area contributed by atoms with Crippen LogP contribution in [0.4, 0.5) is 11.5 Å². The summed E-state index contributed by atoms with van der Waals surface area (Å²) in [5.74, 6) is 1.20. The zero-order valence-electron chi connectivity index (χ0n) is 18.3. The molecule has 0 spiro atoms. The molecule has 166 valence electrons. The molecule has 1 aliphatic heterocycles. The number of rotatable bonds is 5. The smallest absolute Gasteiger partial charge is 0.256 e. The summed E-state index contributed by atoms with van der Waals surface area (Å²) in [6.07, 6.45) is 4.94. The summed E-state index contributed by atoms with van der Waals surface area (Å²) in [4.78, 5) is 29.3. The first kappa shape index (κ1) is 20.3. The van der Waals surface area contributed by atoms with Crippen molar-refractivity contribution >= 4 is 39.3 Å². The fourth-order valence-corrected chi connectivity index (χ4v) is 3.95. The first-order valence-electron chi connectivity index (χ1n) is 10.7. The number of aromatic amines is 2. The zero-order valence-corrected chi connectivity index (χ0v) is 18.3. The van der Waals surface area contributed by atoms with E-state index in [1.54, 1.807) is 12.4 Å². The summed E-state index contributed by atoms with van der Waals surface area (Å²) < 4.78 is 6.03. The van der Waals surface area contributed by atoms with Crippen LogP contribution in [0.3, 0.4) is 0 Å². The number of anilines is 2. The van der Waals surface area contributed by atoms with Crippen LogP contribution in [0, 0.1) is 0 Å². The minimum absolute atomic E-state index is 0.0111. The summed E-state index contributed by atoms with van der Waals surface area (Å²) in [6, 6.07) is 3.87. The van der Waals surface area contributed by atoms with E-state index >= 15 is 0 Å². The third-order valence-corrected chi connectivity index (χ3v) is 5.65. The zero-order chi connectivity index (χ0) is 22.2. The molecule has 1 fully saturated rings. The van der Waals surface area contributed by atoms with E-state index in [0.29, 0.717) is 41.3 Å². The van der Waals surface area contributed by atoms with Gasteiger partial charge in [-0.15, -0.1) is 0 Å². The number of fused-ring (bicyclic) bond motifs is 2. The van der Waals surface area contributed by atoms with Crippen molar-refractivity contribution in [2.75, 3.05) is 38.5 Å². The predicted octanol–water partition coefficient (Wildman–Crippen LogP) is 2.75. The highest BCUT2D eigenvalue weighted by Gasteiger charge is 2.25. The monoisotopic (exact) mass is 434 g/mol. The van der Waals surface area contributed by atoms with Gasteiger partial charge >= 0.3 is 0 Å². The lowest BCUT2D eigenvalue weighted by molar-refractivity contribution is 0.0666. The average molecular weight is 435 g/mol. The lowest BCUT2D eigenvalue weighted by Crippen LogP contribution is -2.47. The van der Waals surface area contributed by atoms with E-state index in [4.69, 9.17) is 4.74 Å². The van der Waals surface area contributed by atoms with Crippen molar-refractivity contribution in [3.63, 3.8) is 0 Å². The van der Waals surface area contributed by atoms with E-state index in [1.165, 1.54) is 6.33 Å². The summed E-state index contributed by atoms with van der Waals surface area (Å²) in [5, 5.41) is 12.1. The Bertz CT molecular complexity index is 1270. The Morgan fingerprint density at radius 2 is 2.00 bits per heavy atom. The second kappa shape index (κ2) is 8.12. The molecule has 0 saturated carbocycles. The Hall–Kier alpha value is -3.66. The lowest BCUT2D eigenvalue weighted by atomic mass is 10.1. The first-order valence-corrected chi connectivity index (χ1v) is 10.7. The highest BCUT2D eigenvalue weighted by molar-refractivity contribution is 6.10. The van der Waals surface area contributed by atoms with Crippen LogP contribution < -0.4 is 10.1 Å². The first-order chi connectivity index (χ1) is 15.5. The minimum atomic E-state index is -0.0221. The van der Waals surface area contributed by atoms with Crippen molar-refractivity contribution in [1.82, 2.24) is 34.9 Å². The van der Waals surface area contributed by atoms with Gasteiger partial charge in [0.1, 0.15) is 23.5 Å². The van der Waals surface area contributed by atoms with E-state index in [1.807, 2.05) is 30.9 Å². The van der Waals surface area contributed by atoms with Crippen LogP contribution in [0.25, 0.3) is 21.9 Å². The quantitative estimate of drug-likeness (QED) is 0.442. The van der Waals surface area contributed by atoms with Crippen LogP contribution in [0.5, 0.6) is 5.75 Å². The second-order valence-electron chi connectivity index (χ2n) is 8.34. The molecule has 1 aliphatic rings. The molecule has 3 N–H and O–H groups in total. The Morgan fingerprint density at radius 1 is 1.19 bits per heavy atom. The molecule has 0 aliphatic carbocycles. The fourth-order valence-electron chi connectivity index (χ4n) is 3.95. The summed E-state index contributed by atoms with van der Waals surface area (Å²) >= 11 is 0. The van der Waals surface area contributed by atoms with Crippen molar-refractivity contribution in [3.8, 4) is 5.75 Å². The maximum Gasteiger partial charge on any atom is 0.256 e. The molecule has 10 heteroatoms. The molecule has 5 rings (SSSR count).